The minimum atomic E-state index is -1.02. The Bertz CT molecular complexity index is 588. The van der Waals surface area contributed by atoms with Crippen molar-refractivity contribution in [3.05, 3.63) is 53.5 Å². The van der Waals surface area contributed by atoms with Crippen molar-refractivity contribution in [1.29, 1.82) is 0 Å². The number of carboxylic acid groups (broad SMARTS) is 1. The third-order valence-corrected chi connectivity index (χ3v) is 3.20. The molecule has 0 radical (unpaired) electrons. The van der Waals surface area contributed by atoms with Crippen molar-refractivity contribution in [3.63, 3.8) is 0 Å². The summed E-state index contributed by atoms with van der Waals surface area (Å²) >= 11 is 0. The Kier molecular flexibility index (Phi) is 2.55. The summed E-state index contributed by atoms with van der Waals surface area (Å²) in [7, 11) is 0. The standard InChI is InChI=1S/C14H13NO3/c16-14(17)13-6-5-11(18-13)9-15-8-7-10-3-1-2-4-12(10)15/h1-6H,7-9H2,(H,16,17). The summed E-state index contributed by atoms with van der Waals surface area (Å²) in [5.41, 5.74) is 2.55. The van der Waals surface area contributed by atoms with Gasteiger partial charge in [-0.15, -0.1) is 0 Å². The van der Waals surface area contributed by atoms with E-state index in [0.29, 0.717) is 12.3 Å². The van der Waals surface area contributed by atoms with E-state index in [1.807, 2.05) is 12.1 Å². The van der Waals surface area contributed by atoms with Crippen molar-refractivity contribution in [2.45, 2.75) is 13.0 Å². The average Bonchev–Trinajstić information content (AvgIpc) is 2.98. The molecular weight excluding hydrogens is 230 g/mol. The molecule has 0 saturated heterocycles. The van der Waals surface area contributed by atoms with Gasteiger partial charge >= 0.3 is 5.97 Å². The van der Waals surface area contributed by atoms with Gasteiger partial charge in [-0.05, 0) is 30.2 Å². The number of aromatic carboxylic acids is 1. The first-order chi connectivity index (χ1) is 8.74. The number of benzene rings is 1. The normalized spacial score (nSPS) is 13.7. The molecule has 1 aromatic heterocycles. The number of hydrogen-bond donors (Lipinski definition) is 1. The van der Waals surface area contributed by atoms with Crippen LogP contribution in [0, 0.1) is 0 Å². The molecule has 1 aliphatic rings. The lowest BCUT2D eigenvalue weighted by Gasteiger charge is -2.17. The average molecular weight is 243 g/mol. The van der Waals surface area contributed by atoms with Crippen LogP contribution in [-0.2, 0) is 13.0 Å². The highest BCUT2D eigenvalue weighted by Crippen LogP contribution is 2.29. The third kappa shape index (κ3) is 1.86. The molecule has 0 spiro atoms. The van der Waals surface area contributed by atoms with Gasteiger partial charge in [0, 0.05) is 12.2 Å². The summed E-state index contributed by atoms with van der Waals surface area (Å²) in [4.78, 5) is 13.0. The van der Waals surface area contributed by atoms with Crippen molar-refractivity contribution in [1.82, 2.24) is 0 Å². The van der Waals surface area contributed by atoms with Gasteiger partial charge in [0.15, 0.2) is 0 Å². The van der Waals surface area contributed by atoms with Crippen LogP contribution >= 0.6 is 0 Å². The van der Waals surface area contributed by atoms with Gasteiger partial charge in [-0.2, -0.15) is 0 Å². The maximum absolute atomic E-state index is 10.7. The van der Waals surface area contributed by atoms with E-state index in [4.69, 9.17) is 9.52 Å². The van der Waals surface area contributed by atoms with Crippen LogP contribution in [0.4, 0.5) is 5.69 Å². The Morgan fingerprint density at radius 2 is 2.11 bits per heavy atom. The quantitative estimate of drug-likeness (QED) is 0.900. The summed E-state index contributed by atoms with van der Waals surface area (Å²) in [6.45, 7) is 1.56. The first kappa shape index (κ1) is 10.9. The Hall–Kier alpha value is -2.23. The summed E-state index contributed by atoms with van der Waals surface area (Å²) in [5, 5.41) is 8.81. The first-order valence-corrected chi connectivity index (χ1v) is 5.89. The lowest BCUT2D eigenvalue weighted by molar-refractivity contribution is 0.0660. The molecule has 0 fully saturated rings. The van der Waals surface area contributed by atoms with Crippen LogP contribution in [0.1, 0.15) is 21.9 Å². The van der Waals surface area contributed by atoms with Gasteiger partial charge in [0.25, 0.3) is 0 Å². The van der Waals surface area contributed by atoms with Crippen LogP contribution in [0.25, 0.3) is 0 Å². The predicted octanol–water partition coefficient (Wildman–Crippen LogP) is 2.54. The fourth-order valence-corrected chi connectivity index (χ4v) is 2.34. The van der Waals surface area contributed by atoms with Gasteiger partial charge in [0.05, 0.1) is 6.54 Å². The smallest absolute Gasteiger partial charge is 0.371 e. The molecule has 4 nitrogen and oxygen atoms in total. The maximum atomic E-state index is 10.7. The molecule has 0 atom stereocenters. The van der Waals surface area contributed by atoms with Crippen molar-refractivity contribution >= 4 is 11.7 Å². The lowest BCUT2D eigenvalue weighted by Crippen LogP contribution is -2.19. The molecule has 92 valence electrons. The lowest BCUT2D eigenvalue weighted by atomic mass is 10.2. The van der Waals surface area contributed by atoms with E-state index in [1.54, 1.807) is 6.07 Å². The summed E-state index contributed by atoms with van der Waals surface area (Å²) in [6.07, 6.45) is 1.03. The van der Waals surface area contributed by atoms with E-state index in [9.17, 15) is 4.79 Å². The molecule has 0 amide bonds. The molecule has 18 heavy (non-hydrogen) atoms. The van der Waals surface area contributed by atoms with Gasteiger partial charge in [0.1, 0.15) is 5.76 Å². The number of furan rings is 1. The number of carboxylic acids is 1. The van der Waals surface area contributed by atoms with Gasteiger partial charge in [0.2, 0.25) is 5.76 Å². The van der Waals surface area contributed by atoms with Crippen molar-refractivity contribution in [2.24, 2.45) is 0 Å². The summed E-state index contributed by atoms with van der Waals surface area (Å²) < 4.78 is 5.28. The second-order valence-corrected chi connectivity index (χ2v) is 4.37. The van der Waals surface area contributed by atoms with Gasteiger partial charge < -0.3 is 14.4 Å². The van der Waals surface area contributed by atoms with Gasteiger partial charge in [-0.25, -0.2) is 4.79 Å². The Morgan fingerprint density at radius 3 is 2.89 bits per heavy atom. The Balaban J connectivity index is 1.80. The Morgan fingerprint density at radius 1 is 1.28 bits per heavy atom. The number of para-hydroxylation sites is 1. The Labute approximate surface area is 104 Å². The van der Waals surface area contributed by atoms with E-state index in [1.165, 1.54) is 17.3 Å². The highest BCUT2D eigenvalue weighted by Gasteiger charge is 2.20. The van der Waals surface area contributed by atoms with Gasteiger partial charge in [-0.3, -0.25) is 0 Å². The van der Waals surface area contributed by atoms with Crippen molar-refractivity contribution < 1.29 is 14.3 Å². The van der Waals surface area contributed by atoms with Gasteiger partial charge in [-0.1, -0.05) is 18.2 Å². The minimum Gasteiger partial charge on any atom is -0.475 e. The highest BCUT2D eigenvalue weighted by molar-refractivity contribution is 5.84. The third-order valence-electron chi connectivity index (χ3n) is 3.20. The number of fused-ring (bicyclic) bond motifs is 1. The number of anilines is 1. The molecule has 2 aromatic rings. The predicted molar refractivity (Wildman–Crippen MR) is 66.9 cm³/mol. The fourth-order valence-electron chi connectivity index (χ4n) is 2.34. The number of rotatable bonds is 3. The number of hydrogen-bond acceptors (Lipinski definition) is 3. The second-order valence-electron chi connectivity index (χ2n) is 4.37. The number of nitrogens with zero attached hydrogens (tertiary/aromatic N) is 1. The van der Waals surface area contributed by atoms with E-state index in [-0.39, 0.29) is 5.76 Å². The molecular formula is C14H13NO3. The van der Waals surface area contributed by atoms with Crippen LogP contribution in [0.5, 0.6) is 0 Å². The van der Waals surface area contributed by atoms with Crippen LogP contribution in [-0.4, -0.2) is 17.6 Å². The largest absolute Gasteiger partial charge is 0.475 e. The topological polar surface area (TPSA) is 53.7 Å². The SMILES string of the molecule is O=C(O)c1ccc(CN2CCc3ccccc32)o1. The number of carbonyl (C=O) groups is 1. The zero-order chi connectivity index (χ0) is 12.5. The molecule has 1 aromatic carbocycles. The molecule has 4 heteroatoms. The van der Waals surface area contributed by atoms with Crippen LogP contribution < -0.4 is 4.90 Å². The minimum absolute atomic E-state index is 0.00233. The second kappa shape index (κ2) is 4.22. The van der Waals surface area contributed by atoms with E-state index < -0.39 is 5.97 Å². The van der Waals surface area contributed by atoms with Crippen molar-refractivity contribution in [2.75, 3.05) is 11.4 Å². The van der Waals surface area contributed by atoms with E-state index in [2.05, 4.69) is 17.0 Å². The molecule has 0 aliphatic carbocycles. The summed E-state index contributed by atoms with van der Waals surface area (Å²) in [5.74, 6) is -0.343. The molecule has 3 rings (SSSR count). The zero-order valence-electron chi connectivity index (χ0n) is 9.80. The van der Waals surface area contributed by atoms with Crippen LogP contribution in [0.15, 0.2) is 40.8 Å². The zero-order valence-corrected chi connectivity index (χ0v) is 9.80. The fraction of sp³-hybridized carbons (Fsp3) is 0.214. The maximum Gasteiger partial charge on any atom is 0.371 e. The van der Waals surface area contributed by atoms with Crippen LogP contribution in [0.2, 0.25) is 0 Å². The van der Waals surface area contributed by atoms with Crippen LogP contribution in [0.3, 0.4) is 0 Å². The molecule has 0 unspecified atom stereocenters. The molecule has 0 saturated carbocycles. The molecule has 2 heterocycles. The summed E-state index contributed by atoms with van der Waals surface area (Å²) in [6, 6.07) is 11.5. The molecule has 1 aliphatic heterocycles. The van der Waals surface area contributed by atoms with E-state index >= 15 is 0 Å². The monoisotopic (exact) mass is 243 g/mol. The molecule has 0 bridgehead atoms. The molecule has 1 N–H and O–H groups in total. The highest BCUT2D eigenvalue weighted by atomic mass is 16.4. The van der Waals surface area contributed by atoms with Crippen molar-refractivity contribution in [3.8, 4) is 0 Å². The van der Waals surface area contributed by atoms with E-state index in [0.717, 1.165) is 13.0 Å². The first-order valence-electron chi connectivity index (χ1n) is 5.89.